The van der Waals surface area contributed by atoms with Crippen LogP contribution >= 0.6 is 0 Å². The largest absolute Gasteiger partial charge is 0.850 e. The zero-order valence-corrected chi connectivity index (χ0v) is 15.0. The van der Waals surface area contributed by atoms with E-state index in [0.29, 0.717) is 0 Å². The molecule has 0 saturated carbocycles. The van der Waals surface area contributed by atoms with Crippen molar-refractivity contribution in [2.75, 3.05) is 12.3 Å². The number of rotatable bonds is 2. The molecule has 2 unspecified atom stereocenters. The van der Waals surface area contributed by atoms with E-state index in [-0.39, 0.29) is 65.0 Å². The summed E-state index contributed by atoms with van der Waals surface area (Å²) in [7, 11) is 0. The predicted molar refractivity (Wildman–Crippen MR) is 66.5 cm³/mol. The molecule has 1 saturated heterocycles. The van der Waals surface area contributed by atoms with Gasteiger partial charge < -0.3 is 20.7 Å². The van der Waals surface area contributed by atoms with E-state index < -0.39 is 29.9 Å². The van der Waals surface area contributed by atoms with Gasteiger partial charge in [-0.25, -0.2) is 4.98 Å². The summed E-state index contributed by atoms with van der Waals surface area (Å²) in [5.74, 6) is -0.431. The van der Waals surface area contributed by atoms with Crippen molar-refractivity contribution in [1.29, 1.82) is 0 Å². The molecule has 0 aromatic carbocycles. The molecule has 0 spiro atoms. The Hall–Kier alpha value is -0.606. The van der Waals surface area contributed by atoms with E-state index in [1.165, 1.54) is 10.9 Å². The molecule has 2 aromatic heterocycles. The van der Waals surface area contributed by atoms with Gasteiger partial charge in [-0.2, -0.15) is 4.98 Å². The predicted octanol–water partition coefficient (Wildman–Crippen LogP) is -2.04. The topological polar surface area (TPSA) is 142 Å². The molecule has 0 bridgehead atoms. The van der Waals surface area contributed by atoms with Crippen molar-refractivity contribution in [3.63, 3.8) is 0 Å². The molecule has 1 radical (unpaired) electrons. The zero-order chi connectivity index (χ0) is 14.4. The first-order chi connectivity index (χ1) is 9.52. The molecular weight excluding hydrogens is 407 g/mol. The first-order valence-electron chi connectivity index (χ1n) is 6.17. The molecule has 0 amide bonds. The minimum Gasteiger partial charge on any atom is -0.850 e. The normalized spacial score (nSPS) is 28.7. The Kier molecular flexibility index (Phi) is 4.99. The van der Waals surface area contributed by atoms with Crippen molar-refractivity contribution in [3.8, 4) is 0 Å². The number of imidazole rings is 1. The van der Waals surface area contributed by atoms with Crippen LogP contribution in [0.5, 0.6) is 0 Å². The molecule has 1 aliphatic rings. The molecule has 2 aromatic rings. The van der Waals surface area contributed by atoms with Crippen molar-refractivity contribution in [2.45, 2.75) is 25.4 Å². The molecule has 3 rings (SSSR count). The first-order valence-corrected chi connectivity index (χ1v) is 6.17. The van der Waals surface area contributed by atoms with E-state index in [4.69, 9.17) is 15.6 Å². The first kappa shape index (κ1) is 16.8. The molecule has 1 aliphatic heterocycles. The summed E-state index contributed by atoms with van der Waals surface area (Å²) in [4.78, 5) is 22.1. The van der Waals surface area contributed by atoms with Crippen LogP contribution in [0.25, 0.3) is 11.2 Å². The van der Waals surface area contributed by atoms with Crippen molar-refractivity contribution in [3.05, 3.63) is 16.7 Å². The molecule has 3 heterocycles. The summed E-state index contributed by atoms with van der Waals surface area (Å²) >= 11 is 0. The fraction of sp³-hybridized carbons (Fsp3) is 0.545. The fourth-order valence-electron chi connectivity index (χ4n) is 2.48. The number of hydrogen-bond acceptors (Lipinski definition) is 7. The van der Waals surface area contributed by atoms with Gasteiger partial charge >= 0.3 is 0 Å². The number of nitrogen functional groups attached to an aromatic ring is 1. The van der Waals surface area contributed by atoms with Crippen molar-refractivity contribution >= 4 is 17.1 Å². The van der Waals surface area contributed by atoms with Crippen LogP contribution in [0.4, 0.5) is 5.95 Å². The van der Waals surface area contributed by atoms with Gasteiger partial charge in [-0.1, -0.05) is 13.0 Å². The second-order valence-electron chi connectivity index (χ2n) is 4.85. The third-order valence-corrected chi connectivity index (χ3v) is 3.55. The number of aliphatic hydroxyl groups is 1. The van der Waals surface area contributed by atoms with Gasteiger partial charge in [-0.05, 0) is 5.92 Å². The van der Waals surface area contributed by atoms with Gasteiger partial charge in [0.15, 0.2) is 11.2 Å². The molecule has 10 heteroatoms. The van der Waals surface area contributed by atoms with Crippen LogP contribution in [-0.4, -0.2) is 43.4 Å². The number of nitrogens with two attached hydrogens (primary N) is 1. The third-order valence-electron chi connectivity index (χ3n) is 3.55. The Bertz CT molecular complexity index is 701. The Labute approximate surface area is 152 Å². The maximum absolute atomic E-state index is 12.0. The van der Waals surface area contributed by atoms with E-state index in [2.05, 4.69) is 15.0 Å². The molecule has 4 atom stereocenters. The molecule has 0 aliphatic carbocycles. The number of anilines is 1. The monoisotopic (exact) mass is 421 g/mol. The molecule has 1 fully saturated rings. The maximum atomic E-state index is 12.0. The van der Waals surface area contributed by atoms with Gasteiger partial charge in [0.2, 0.25) is 5.95 Å². The van der Waals surface area contributed by atoms with E-state index in [1.807, 2.05) is 0 Å². The third kappa shape index (κ3) is 2.73. The smallest absolute Gasteiger partial charge is 0.280 e. The maximum Gasteiger partial charge on any atom is 0.280 e. The van der Waals surface area contributed by atoms with Crippen LogP contribution in [0, 0.1) is 47.2 Å². The summed E-state index contributed by atoms with van der Waals surface area (Å²) in [5.41, 5.74) is 5.45. The molecule has 111 valence electrons. The molecule has 21 heavy (non-hydrogen) atoms. The summed E-state index contributed by atoms with van der Waals surface area (Å²) < 4.78 is 7.04. The average Bonchev–Trinajstić information content (AvgIpc) is 2.93. The van der Waals surface area contributed by atoms with E-state index in [0.717, 1.165) is 0 Å². The number of H-pyrrole nitrogens is 1. The van der Waals surface area contributed by atoms with E-state index in [1.54, 1.807) is 6.92 Å². The summed E-state index contributed by atoms with van der Waals surface area (Å²) in [6.07, 6.45) is -1.08. The van der Waals surface area contributed by atoms with Crippen LogP contribution in [-0.2, 0) is 4.74 Å². The van der Waals surface area contributed by atoms with E-state index in [9.17, 15) is 9.90 Å². The second kappa shape index (κ2) is 6.25. The summed E-state index contributed by atoms with van der Waals surface area (Å²) in [6.45, 7) is 1.37. The van der Waals surface area contributed by atoms with Crippen molar-refractivity contribution in [1.82, 2.24) is 19.5 Å². The van der Waals surface area contributed by atoms with Gasteiger partial charge in [-0.15, -0.1) is 0 Å². The Morgan fingerprint density at radius 1 is 1.62 bits per heavy atom. The quantitative estimate of drug-likeness (QED) is 0.507. The molecule has 4 N–H and O–H groups in total. The number of nitrogens with zero attached hydrogens (tertiary/aromatic N) is 3. The average molecular weight is 421 g/mol. The fourth-order valence-corrected chi connectivity index (χ4v) is 2.48. The van der Waals surface area contributed by atoms with Crippen LogP contribution < -0.4 is 16.4 Å². The van der Waals surface area contributed by atoms with Gasteiger partial charge in [-0.3, -0.25) is 14.3 Å². The minimum absolute atomic E-state index is 0. The number of aromatic nitrogens is 4. The number of hydrogen-bond donors (Lipinski definition) is 3. The number of ether oxygens (including phenoxy) is 1. The SMILES string of the molecule is CC1C([O-])[C@@H](CO)O[C@H]1n1cnc2c(=O)[nH]c(N)nc21.[Pr]. The minimum atomic E-state index is -1.05. The second-order valence-corrected chi connectivity index (χ2v) is 4.85. The summed E-state index contributed by atoms with van der Waals surface area (Å²) in [5, 5.41) is 21.1. The van der Waals surface area contributed by atoms with Gasteiger partial charge in [0.25, 0.3) is 5.56 Å². The van der Waals surface area contributed by atoms with Crippen LogP contribution in [0.2, 0.25) is 0 Å². The Morgan fingerprint density at radius 3 is 2.95 bits per heavy atom. The number of aliphatic hydroxyl groups excluding tert-OH is 1. The van der Waals surface area contributed by atoms with Gasteiger partial charge in [0.1, 0.15) is 6.23 Å². The van der Waals surface area contributed by atoms with Gasteiger partial charge in [0.05, 0.1) is 19.0 Å². The van der Waals surface area contributed by atoms with E-state index >= 15 is 0 Å². The number of nitrogens with one attached hydrogen (secondary N) is 1. The summed E-state index contributed by atoms with van der Waals surface area (Å²) in [6, 6.07) is 0. The van der Waals surface area contributed by atoms with Crippen LogP contribution in [0.15, 0.2) is 11.1 Å². The number of fused-ring (bicyclic) bond motifs is 1. The Morgan fingerprint density at radius 2 is 2.33 bits per heavy atom. The zero-order valence-electron chi connectivity index (χ0n) is 11.3. The van der Waals surface area contributed by atoms with Crippen molar-refractivity contribution < 1.29 is 56.2 Å². The standard InChI is InChI=1S/C11H14N5O4.Pr/c1-4-7(18)5(2-17)20-10(4)16-3-13-6-8(16)14-11(12)15-9(6)19;/h3-5,7,10,17H,2H2,1H3,(H3,12,14,15,19);/q-1;/t4?,5-,7?,10-;/m1./s1. The van der Waals surface area contributed by atoms with Crippen LogP contribution in [0.1, 0.15) is 13.2 Å². The van der Waals surface area contributed by atoms with Gasteiger partial charge in [0, 0.05) is 41.3 Å². The number of aromatic amines is 1. The van der Waals surface area contributed by atoms with Crippen LogP contribution in [0.3, 0.4) is 0 Å². The molecular formula is C11H14N5O4Pr-. The van der Waals surface area contributed by atoms with Crippen molar-refractivity contribution in [2.24, 2.45) is 5.92 Å². The molecule has 9 nitrogen and oxygen atoms in total. The Balaban J connectivity index is 0.00000161.